The van der Waals surface area contributed by atoms with Gasteiger partial charge in [0.05, 0.1) is 12.7 Å². The highest BCUT2D eigenvalue weighted by Gasteiger charge is 2.31. The molecule has 182 valence electrons. The number of anilines is 1. The Morgan fingerprint density at radius 1 is 0.914 bits per heavy atom. The van der Waals surface area contributed by atoms with Crippen LogP contribution in [0.1, 0.15) is 27.6 Å². The van der Waals surface area contributed by atoms with Crippen LogP contribution in [0.25, 0.3) is 0 Å². The van der Waals surface area contributed by atoms with Gasteiger partial charge in [-0.15, -0.1) is 0 Å². The summed E-state index contributed by atoms with van der Waals surface area (Å²) in [5, 5.41) is 4.74. The van der Waals surface area contributed by atoms with Gasteiger partial charge in [0.2, 0.25) is 6.10 Å². The molecule has 0 bridgehead atoms. The van der Waals surface area contributed by atoms with Crippen LogP contribution in [0.3, 0.4) is 0 Å². The molecule has 0 radical (unpaired) electrons. The van der Waals surface area contributed by atoms with Crippen molar-refractivity contribution >= 4 is 23.5 Å². The normalized spacial score (nSPS) is 11.8. The standard InChI is InChI=1S/C25H21F3N2O5/c1-34-20-12-10-17(11-13-20)23(32)29-15-21(31)35-22(16-6-3-2-4-7-16)24(33)30-19-9-5-8-18(14-19)25(26,27)28/h2-14,22H,15H2,1H3,(H,29,32)(H,30,33). The van der Waals surface area contributed by atoms with Crippen molar-refractivity contribution in [2.75, 3.05) is 19.0 Å². The molecule has 3 aromatic carbocycles. The molecule has 0 aromatic heterocycles. The molecule has 0 saturated heterocycles. The third kappa shape index (κ3) is 7.07. The number of amides is 2. The van der Waals surface area contributed by atoms with Crippen LogP contribution in [-0.2, 0) is 20.5 Å². The first kappa shape index (κ1) is 25.3. The Bertz CT molecular complexity index is 1180. The van der Waals surface area contributed by atoms with E-state index in [0.29, 0.717) is 11.3 Å². The number of benzene rings is 3. The van der Waals surface area contributed by atoms with Crippen molar-refractivity contribution in [3.8, 4) is 5.75 Å². The van der Waals surface area contributed by atoms with Gasteiger partial charge in [-0.05, 0) is 42.5 Å². The Balaban J connectivity index is 1.68. The van der Waals surface area contributed by atoms with Crippen molar-refractivity contribution < 1.29 is 37.0 Å². The van der Waals surface area contributed by atoms with Crippen LogP contribution < -0.4 is 15.4 Å². The van der Waals surface area contributed by atoms with Gasteiger partial charge < -0.3 is 20.1 Å². The number of hydrogen-bond acceptors (Lipinski definition) is 5. The Hall–Kier alpha value is -4.34. The molecule has 0 aliphatic rings. The van der Waals surface area contributed by atoms with E-state index >= 15 is 0 Å². The number of alkyl halides is 3. The van der Waals surface area contributed by atoms with Gasteiger partial charge in [0.1, 0.15) is 12.3 Å². The SMILES string of the molecule is COc1ccc(C(=O)NCC(=O)OC(C(=O)Nc2cccc(C(F)(F)F)c2)c2ccccc2)cc1. The van der Waals surface area contributed by atoms with Gasteiger partial charge in [-0.3, -0.25) is 14.4 Å². The molecule has 0 heterocycles. The van der Waals surface area contributed by atoms with Gasteiger partial charge in [0, 0.05) is 16.8 Å². The number of methoxy groups -OCH3 is 1. The Morgan fingerprint density at radius 2 is 1.60 bits per heavy atom. The number of hydrogen-bond donors (Lipinski definition) is 2. The first-order chi connectivity index (χ1) is 16.7. The third-order valence-corrected chi connectivity index (χ3v) is 4.79. The molecule has 10 heteroatoms. The summed E-state index contributed by atoms with van der Waals surface area (Å²) in [6.45, 7) is -0.537. The number of carbonyl (C=O) groups is 3. The quantitative estimate of drug-likeness (QED) is 0.462. The second-order valence-electron chi connectivity index (χ2n) is 7.26. The molecule has 35 heavy (non-hydrogen) atoms. The summed E-state index contributed by atoms with van der Waals surface area (Å²) in [5.41, 5.74) is -0.480. The zero-order valence-electron chi connectivity index (χ0n) is 18.5. The van der Waals surface area contributed by atoms with E-state index in [1.165, 1.54) is 37.4 Å². The van der Waals surface area contributed by atoms with E-state index in [4.69, 9.17) is 9.47 Å². The number of esters is 1. The molecule has 0 aliphatic carbocycles. The first-order valence-electron chi connectivity index (χ1n) is 10.3. The highest BCUT2D eigenvalue weighted by molar-refractivity contribution is 5.98. The Morgan fingerprint density at radius 3 is 2.23 bits per heavy atom. The largest absolute Gasteiger partial charge is 0.497 e. The average Bonchev–Trinajstić information content (AvgIpc) is 2.86. The van der Waals surface area contributed by atoms with E-state index in [1.54, 1.807) is 30.3 Å². The molecule has 1 atom stereocenters. The molecular weight excluding hydrogens is 465 g/mol. The van der Waals surface area contributed by atoms with Crippen molar-refractivity contribution in [1.29, 1.82) is 0 Å². The molecule has 0 spiro atoms. The molecular formula is C25H21F3N2O5. The van der Waals surface area contributed by atoms with Gasteiger partial charge in [-0.25, -0.2) is 0 Å². The molecule has 3 rings (SSSR count). The van der Waals surface area contributed by atoms with Crippen LogP contribution in [0, 0.1) is 0 Å². The predicted octanol–water partition coefficient (Wildman–Crippen LogP) is 4.37. The van der Waals surface area contributed by atoms with Crippen LogP contribution in [-0.4, -0.2) is 31.4 Å². The fraction of sp³-hybridized carbons (Fsp3) is 0.160. The second kappa shape index (κ2) is 11.2. The fourth-order valence-corrected chi connectivity index (χ4v) is 3.05. The smallest absolute Gasteiger partial charge is 0.416 e. The van der Waals surface area contributed by atoms with Gasteiger partial charge in [-0.1, -0.05) is 36.4 Å². The maximum Gasteiger partial charge on any atom is 0.416 e. The summed E-state index contributed by atoms with van der Waals surface area (Å²) < 4.78 is 49.3. The van der Waals surface area contributed by atoms with Gasteiger partial charge in [-0.2, -0.15) is 13.2 Å². The van der Waals surface area contributed by atoms with Crippen LogP contribution in [0.2, 0.25) is 0 Å². The van der Waals surface area contributed by atoms with Crippen molar-refractivity contribution in [1.82, 2.24) is 5.32 Å². The summed E-state index contributed by atoms with van der Waals surface area (Å²) in [6.07, 6.45) is -6.05. The van der Waals surface area contributed by atoms with E-state index in [9.17, 15) is 27.6 Å². The lowest BCUT2D eigenvalue weighted by Gasteiger charge is -2.19. The van der Waals surface area contributed by atoms with Crippen molar-refractivity contribution in [3.63, 3.8) is 0 Å². The summed E-state index contributed by atoms with van der Waals surface area (Å²) in [4.78, 5) is 37.5. The molecule has 7 nitrogen and oxygen atoms in total. The zero-order valence-corrected chi connectivity index (χ0v) is 18.5. The number of ether oxygens (including phenoxy) is 2. The molecule has 1 unspecified atom stereocenters. The zero-order chi connectivity index (χ0) is 25.4. The van der Waals surface area contributed by atoms with E-state index in [1.807, 2.05) is 0 Å². The lowest BCUT2D eigenvalue weighted by molar-refractivity contribution is -0.153. The van der Waals surface area contributed by atoms with E-state index < -0.39 is 42.2 Å². The van der Waals surface area contributed by atoms with Gasteiger partial charge >= 0.3 is 12.1 Å². The minimum Gasteiger partial charge on any atom is -0.497 e. The lowest BCUT2D eigenvalue weighted by atomic mass is 10.1. The summed E-state index contributed by atoms with van der Waals surface area (Å²) in [7, 11) is 1.48. The minimum absolute atomic E-state index is 0.116. The van der Waals surface area contributed by atoms with Crippen molar-refractivity contribution in [2.45, 2.75) is 12.3 Å². The van der Waals surface area contributed by atoms with Crippen LogP contribution in [0.15, 0.2) is 78.9 Å². The Labute approximate surface area is 198 Å². The summed E-state index contributed by atoms with van der Waals surface area (Å²) >= 11 is 0. The van der Waals surface area contributed by atoms with Gasteiger partial charge in [0.25, 0.3) is 11.8 Å². The number of rotatable bonds is 8. The predicted molar refractivity (Wildman–Crippen MR) is 121 cm³/mol. The van der Waals surface area contributed by atoms with Gasteiger partial charge in [0.15, 0.2) is 0 Å². The maximum atomic E-state index is 13.0. The number of carbonyl (C=O) groups excluding carboxylic acids is 3. The van der Waals surface area contributed by atoms with E-state index in [2.05, 4.69) is 10.6 Å². The Kier molecular flexibility index (Phi) is 8.08. The summed E-state index contributed by atoms with van der Waals surface area (Å²) in [5.74, 6) is -1.77. The minimum atomic E-state index is -4.59. The van der Waals surface area contributed by atoms with E-state index in [0.717, 1.165) is 18.2 Å². The lowest BCUT2D eigenvalue weighted by Crippen LogP contribution is -2.33. The highest BCUT2D eigenvalue weighted by Crippen LogP contribution is 2.31. The number of halogens is 3. The van der Waals surface area contributed by atoms with Crippen molar-refractivity contribution in [2.24, 2.45) is 0 Å². The van der Waals surface area contributed by atoms with Crippen LogP contribution >= 0.6 is 0 Å². The van der Waals surface area contributed by atoms with Crippen LogP contribution in [0.5, 0.6) is 5.75 Å². The molecule has 0 fully saturated rings. The highest BCUT2D eigenvalue weighted by atomic mass is 19.4. The third-order valence-electron chi connectivity index (χ3n) is 4.79. The second-order valence-corrected chi connectivity index (χ2v) is 7.26. The molecule has 3 aromatic rings. The molecule has 2 amide bonds. The fourth-order valence-electron chi connectivity index (χ4n) is 3.05. The first-order valence-corrected chi connectivity index (χ1v) is 10.3. The molecule has 0 saturated carbocycles. The monoisotopic (exact) mass is 486 g/mol. The molecule has 0 aliphatic heterocycles. The number of nitrogens with one attached hydrogen (secondary N) is 2. The summed E-state index contributed by atoms with van der Waals surface area (Å²) in [6, 6.07) is 18.2. The average molecular weight is 486 g/mol. The van der Waals surface area contributed by atoms with Crippen molar-refractivity contribution in [3.05, 3.63) is 95.6 Å². The molecule has 2 N–H and O–H groups in total. The van der Waals surface area contributed by atoms with E-state index in [-0.39, 0.29) is 11.3 Å². The maximum absolute atomic E-state index is 13.0. The topological polar surface area (TPSA) is 93.7 Å². The van der Waals surface area contributed by atoms with Crippen LogP contribution in [0.4, 0.5) is 18.9 Å².